The van der Waals surface area contributed by atoms with Crippen LogP contribution in [-0.4, -0.2) is 35.5 Å². The molecule has 172 valence electrons. The Morgan fingerprint density at radius 1 is 1.12 bits per heavy atom. The van der Waals surface area contributed by atoms with Crippen LogP contribution in [0.2, 0.25) is 0 Å². The fraction of sp³-hybridized carbons (Fsp3) is 0.455. The maximum atomic E-state index is 12.5. The van der Waals surface area contributed by atoms with Crippen LogP contribution in [0.4, 0.5) is 5.95 Å². The molecule has 0 atom stereocenters. The van der Waals surface area contributed by atoms with Gasteiger partial charge < -0.3 is 14.8 Å². The van der Waals surface area contributed by atoms with Crippen molar-refractivity contribution < 1.29 is 10.2 Å². The smallest absolute Gasteiger partial charge is 0.329 e. The van der Waals surface area contributed by atoms with E-state index in [4.69, 9.17) is 0 Å². The van der Waals surface area contributed by atoms with Crippen LogP contribution in [0.1, 0.15) is 57.4 Å². The summed E-state index contributed by atoms with van der Waals surface area (Å²) in [6.45, 7) is 2.74. The third kappa shape index (κ3) is 5.37. The van der Waals surface area contributed by atoms with E-state index in [2.05, 4.69) is 27.4 Å². The van der Waals surface area contributed by atoms with Crippen LogP contribution < -0.4 is 16.7 Å². The zero-order valence-electron chi connectivity index (χ0n) is 18.5. The number of hydrazone groups is 1. The molecule has 32 heavy (non-hydrogen) atoms. The van der Waals surface area contributed by atoms with E-state index < -0.39 is 11.2 Å². The summed E-state index contributed by atoms with van der Waals surface area (Å²) in [5, 5.41) is 23.4. The first kappa shape index (κ1) is 23.1. The van der Waals surface area contributed by atoms with E-state index in [1.807, 2.05) is 0 Å². The molecule has 1 aromatic carbocycles. The largest absolute Gasteiger partial charge is 0.508 e. The van der Waals surface area contributed by atoms with E-state index in [-0.39, 0.29) is 17.1 Å². The molecule has 0 saturated heterocycles. The highest BCUT2D eigenvalue weighted by Crippen LogP contribution is 2.21. The number of rotatable bonds is 11. The third-order valence-electron chi connectivity index (χ3n) is 5.37. The Kier molecular flexibility index (Phi) is 7.69. The van der Waals surface area contributed by atoms with Gasteiger partial charge in [-0.25, -0.2) is 10.2 Å². The summed E-state index contributed by atoms with van der Waals surface area (Å²) in [7, 11) is 1.55. The lowest BCUT2D eigenvalue weighted by Gasteiger charge is -2.08. The summed E-state index contributed by atoms with van der Waals surface area (Å²) in [6, 6.07) is 4.17. The van der Waals surface area contributed by atoms with Gasteiger partial charge in [-0.05, 0) is 18.6 Å². The van der Waals surface area contributed by atoms with Crippen molar-refractivity contribution in [1.82, 2.24) is 19.1 Å². The number of hydrogen-bond donors (Lipinski definition) is 4. The number of imidazole rings is 1. The molecule has 0 aliphatic heterocycles. The summed E-state index contributed by atoms with van der Waals surface area (Å²) < 4.78 is 3.02. The first-order chi connectivity index (χ1) is 15.4. The van der Waals surface area contributed by atoms with Gasteiger partial charge in [0.25, 0.3) is 5.56 Å². The molecule has 0 fully saturated rings. The Morgan fingerprint density at radius 3 is 2.56 bits per heavy atom. The van der Waals surface area contributed by atoms with Crippen molar-refractivity contribution in [1.29, 1.82) is 0 Å². The lowest BCUT2D eigenvalue weighted by Crippen LogP contribution is -2.29. The van der Waals surface area contributed by atoms with Gasteiger partial charge in [-0.2, -0.15) is 10.1 Å². The highest BCUT2D eigenvalue weighted by atomic mass is 16.3. The number of aromatic amines is 1. The Labute approximate surface area is 185 Å². The minimum absolute atomic E-state index is 0.0516. The number of phenolic OH excluding ortho intramolecular Hbond substituents is 2. The van der Waals surface area contributed by atoms with Gasteiger partial charge in [-0.3, -0.25) is 14.3 Å². The molecule has 0 spiro atoms. The monoisotopic (exact) mass is 442 g/mol. The number of aromatic nitrogens is 4. The first-order valence-corrected chi connectivity index (χ1v) is 10.9. The molecule has 4 N–H and O–H groups in total. The summed E-state index contributed by atoms with van der Waals surface area (Å²) in [5.41, 5.74) is 2.76. The molecule has 2 aromatic heterocycles. The molecule has 0 aliphatic rings. The second-order valence-corrected chi connectivity index (χ2v) is 7.81. The van der Waals surface area contributed by atoms with Crippen molar-refractivity contribution >= 4 is 23.3 Å². The quantitative estimate of drug-likeness (QED) is 0.205. The number of phenols is 2. The second kappa shape index (κ2) is 10.7. The van der Waals surface area contributed by atoms with E-state index in [0.29, 0.717) is 23.6 Å². The van der Waals surface area contributed by atoms with Crippen molar-refractivity contribution in [2.75, 3.05) is 5.43 Å². The minimum atomic E-state index is -0.535. The van der Waals surface area contributed by atoms with Crippen LogP contribution in [-0.2, 0) is 13.6 Å². The molecule has 0 amide bonds. The van der Waals surface area contributed by atoms with Crippen molar-refractivity contribution in [3.8, 4) is 11.5 Å². The average Bonchev–Trinajstić information content (AvgIpc) is 3.12. The molecular weight excluding hydrogens is 412 g/mol. The van der Waals surface area contributed by atoms with Gasteiger partial charge in [0.05, 0.1) is 6.21 Å². The van der Waals surface area contributed by atoms with Gasteiger partial charge in [-0.1, -0.05) is 45.4 Å². The molecule has 10 nitrogen and oxygen atoms in total. The molecule has 0 radical (unpaired) electrons. The molecule has 3 rings (SSSR count). The van der Waals surface area contributed by atoms with Crippen molar-refractivity contribution in [2.45, 2.75) is 58.4 Å². The number of nitrogens with zero attached hydrogens (tertiary/aromatic N) is 4. The fourth-order valence-corrected chi connectivity index (χ4v) is 3.57. The van der Waals surface area contributed by atoms with Crippen LogP contribution >= 0.6 is 0 Å². The number of hydrogen-bond acceptors (Lipinski definition) is 7. The number of H-pyrrole nitrogens is 1. The Hall–Kier alpha value is -3.56. The lowest BCUT2D eigenvalue weighted by atomic mass is 10.1. The lowest BCUT2D eigenvalue weighted by molar-refractivity contribution is 0.450. The molecular formula is C22H30N6O4. The van der Waals surface area contributed by atoms with Gasteiger partial charge in [0.15, 0.2) is 11.2 Å². The van der Waals surface area contributed by atoms with Crippen LogP contribution in [0.3, 0.4) is 0 Å². The number of benzene rings is 1. The Morgan fingerprint density at radius 2 is 1.84 bits per heavy atom. The number of anilines is 1. The van der Waals surface area contributed by atoms with Gasteiger partial charge >= 0.3 is 5.69 Å². The standard InChI is InChI=1S/C22H30N6O4/c1-3-4-5-6-7-8-9-12-28-18-19(27(2)22(32)25-20(18)31)24-21(28)26-23-14-15-10-11-16(29)13-17(15)30/h10-11,13-14,29-30H,3-9,12H2,1-2H3,(H,24,26)(H,25,31,32)/b23-14+. The minimum Gasteiger partial charge on any atom is -0.508 e. The van der Waals surface area contributed by atoms with Crippen molar-refractivity contribution in [2.24, 2.45) is 12.1 Å². The first-order valence-electron chi connectivity index (χ1n) is 10.9. The van der Waals surface area contributed by atoms with Crippen LogP contribution in [0, 0.1) is 0 Å². The predicted octanol–water partition coefficient (Wildman–Crippen LogP) is 3.03. The van der Waals surface area contributed by atoms with Crippen LogP contribution in [0.25, 0.3) is 11.2 Å². The summed E-state index contributed by atoms with van der Waals surface area (Å²) in [4.78, 5) is 31.2. The topological polar surface area (TPSA) is 138 Å². The summed E-state index contributed by atoms with van der Waals surface area (Å²) >= 11 is 0. The molecule has 10 heteroatoms. The normalized spacial score (nSPS) is 11.6. The van der Waals surface area contributed by atoms with E-state index in [1.54, 1.807) is 11.6 Å². The van der Waals surface area contributed by atoms with Crippen LogP contribution in [0.15, 0.2) is 32.9 Å². The van der Waals surface area contributed by atoms with E-state index in [9.17, 15) is 19.8 Å². The molecule has 0 bridgehead atoms. The van der Waals surface area contributed by atoms with E-state index >= 15 is 0 Å². The highest BCUT2D eigenvalue weighted by Gasteiger charge is 2.17. The van der Waals surface area contributed by atoms with Gasteiger partial charge in [0.1, 0.15) is 11.5 Å². The van der Waals surface area contributed by atoms with Crippen molar-refractivity contribution in [3.63, 3.8) is 0 Å². The number of aromatic hydroxyl groups is 2. The highest BCUT2D eigenvalue weighted by molar-refractivity contribution is 5.84. The SMILES string of the molecule is CCCCCCCCCn1c(N/N=C/c2ccc(O)cc2O)nc2c1c(=O)[nH]c(=O)n2C. The average molecular weight is 443 g/mol. The van der Waals surface area contributed by atoms with Gasteiger partial charge in [0.2, 0.25) is 5.95 Å². The number of nitrogens with one attached hydrogen (secondary N) is 2. The molecule has 0 unspecified atom stereocenters. The zero-order valence-corrected chi connectivity index (χ0v) is 18.5. The van der Waals surface area contributed by atoms with E-state index in [0.717, 1.165) is 19.3 Å². The Balaban J connectivity index is 1.82. The molecule has 2 heterocycles. The van der Waals surface area contributed by atoms with Gasteiger partial charge in [-0.15, -0.1) is 0 Å². The van der Waals surface area contributed by atoms with Crippen molar-refractivity contribution in [3.05, 3.63) is 44.6 Å². The van der Waals surface area contributed by atoms with Crippen LogP contribution in [0.5, 0.6) is 11.5 Å². The number of unbranched alkanes of at least 4 members (excludes halogenated alkanes) is 6. The van der Waals surface area contributed by atoms with E-state index in [1.165, 1.54) is 54.7 Å². The predicted molar refractivity (Wildman–Crippen MR) is 125 cm³/mol. The number of fused-ring (bicyclic) bond motifs is 1. The van der Waals surface area contributed by atoms with Gasteiger partial charge in [0, 0.05) is 25.2 Å². The fourth-order valence-electron chi connectivity index (χ4n) is 3.57. The maximum absolute atomic E-state index is 12.5. The second-order valence-electron chi connectivity index (χ2n) is 7.81. The number of aryl methyl sites for hydroxylation is 2. The third-order valence-corrected chi connectivity index (χ3v) is 5.37. The Bertz CT molecular complexity index is 1210. The molecule has 3 aromatic rings. The summed E-state index contributed by atoms with van der Waals surface area (Å²) in [6.07, 6.45) is 9.28. The summed E-state index contributed by atoms with van der Waals surface area (Å²) in [5.74, 6) is 0.155. The maximum Gasteiger partial charge on any atom is 0.329 e. The molecule has 0 saturated carbocycles. The zero-order chi connectivity index (χ0) is 23.1. The molecule has 0 aliphatic carbocycles.